The second-order valence-corrected chi connectivity index (χ2v) is 4.47. The predicted molar refractivity (Wildman–Crippen MR) is 63.2 cm³/mol. The molecule has 0 unspecified atom stereocenters. The van der Waals surface area contributed by atoms with Crippen molar-refractivity contribution in [2.45, 2.75) is 13.8 Å². The van der Waals surface area contributed by atoms with Crippen LogP contribution >= 0.6 is 11.6 Å². The van der Waals surface area contributed by atoms with Gasteiger partial charge < -0.3 is 4.84 Å². The fraction of sp³-hybridized carbons (Fsp3) is 0.333. The molecule has 15 heavy (non-hydrogen) atoms. The van der Waals surface area contributed by atoms with E-state index in [-0.39, 0.29) is 0 Å². The van der Waals surface area contributed by atoms with Gasteiger partial charge in [-0.3, -0.25) is 0 Å². The van der Waals surface area contributed by atoms with Gasteiger partial charge >= 0.3 is 0 Å². The molecule has 80 valence electrons. The molecule has 0 fully saturated rings. The Kier molecular flexibility index (Phi) is 2.87. The van der Waals surface area contributed by atoms with Gasteiger partial charge in [0.2, 0.25) is 0 Å². The molecule has 1 aromatic carbocycles. The van der Waals surface area contributed by atoms with Gasteiger partial charge in [-0.2, -0.15) is 4.73 Å². The second kappa shape index (κ2) is 4.15. The second-order valence-electron chi connectivity index (χ2n) is 4.03. The minimum absolute atomic E-state index is 0.523. The maximum absolute atomic E-state index is 5.91. The quantitative estimate of drug-likeness (QED) is 0.778. The van der Waals surface area contributed by atoms with Gasteiger partial charge in [-0.1, -0.05) is 25.4 Å². The fourth-order valence-corrected chi connectivity index (χ4v) is 1.61. The minimum Gasteiger partial charge on any atom is -0.414 e. The first kappa shape index (κ1) is 10.4. The summed E-state index contributed by atoms with van der Waals surface area (Å²) in [5.74, 6) is 0.523. The molecule has 0 aliphatic carbocycles. The van der Waals surface area contributed by atoms with Gasteiger partial charge in [0.25, 0.3) is 0 Å². The van der Waals surface area contributed by atoms with E-state index in [0.29, 0.717) is 12.5 Å². The van der Waals surface area contributed by atoms with Gasteiger partial charge in [0.05, 0.1) is 5.52 Å². The third kappa shape index (κ3) is 2.26. The lowest BCUT2D eigenvalue weighted by molar-refractivity contribution is 0.0980. The average molecular weight is 224 g/mol. The third-order valence-corrected chi connectivity index (χ3v) is 2.40. The molecule has 1 aromatic heterocycles. The predicted octanol–water partition coefficient (Wildman–Crippen LogP) is 3.38. The average Bonchev–Trinajstić information content (AvgIpc) is 2.57. The molecule has 2 rings (SSSR count). The normalized spacial score (nSPS) is 11.2. The van der Waals surface area contributed by atoms with Crippen LogP contribution in [0.1, 0.15) is 13.8 Å². The fourth-order valence-electron chi connectivity index (χ4n) is 1.43. The number of rotatable bonds is 3. The number of hydrogen-bond donors (Lipinski definition) is 0. The Hall–Kier alpha value is -1.15. The molecule has 0 amide bonds. The van der Waals surface area contributed by atoms with Gasteiger partial charge in [-0.05, 0) is 30.2 Å². The zero-order valence-electron chi connectivity index (χ0n) is 8.90. The summed E-state index contributed by atoms with van der Waals surface area (Å²) < 4.78 is 1.80. The summed E-state index contributed by atoms with van der Waals surface area (Å²) in [6.07, 6.45) is 1.92. The molecule has 3 heteroatoms. The van der Waals surface area contributed by atoms with Gasteiger partial charge in [0, 0.05) is 16.6 Å². The zero-order chi connectivity index (χ0) is 10.8. The van der Waals surface area contributed by atoms with E-state index < -0.39 is 0 Å². The van der Waals surface area contributed by atoms with Crippen LogP contribution in [0.4, 0.5) is 0 Å². The van der Waals surface area contributed by atoms with E-state index in [9.17, 15) is 0 Å². The number of nitrogens with zero attached hydrogens (tertiary/aromatic N) is 1. The molecule has 0 aliphatic heterocycles. The molecule has 0 radical (unpaired) electrons. The Labute approximate surface area is 94.4 Å². The first-order valence-corrected chi connectivity index (χ1v) is 5.44. The van der Waals surface area contributed by atoms with Crippen molar-refractivity contribution in [1.29, 1.82) is 0 Å². The van der Waals surface area contributed by atoms with Crippen molar-refractivity contribution in [1.82, 2.24) is 4.73 Å². The topological polar surface area (TPSA) is 14.2 Å². The summed E-state index contributed by atoms with van der Waals surface area (Å²) >= 11 is 5.91. The van der Waals surface area contributed by atoms with Crippen LogP contribution in [0, 0.1) is 5.92 Å². The van der Waals surface area contributed by atoms with Crippen molar-refractivity contribution in [3.05, 3.63) is 35.5 Å². The van der Waals surface area contributed by atoms with E-state index in [1.165, 1.54) is 0 Å². The molecule has 2 aromatic rings. The highest BCUT2D eigenvalue weighted by Gasteiger charge is 2.02. The number of halogens is 1. The van der Waals surface area contributed by atoms with E-state index in [2.05, 4.69) is 13.8 Å². The molecular weight excluding hydrogens is 210 g/mol. The van der Waals surface area contributed by atoms with Crippen LogP contribution in [0.3, 0.4) is 0 Å². The van der Waals surface area contributed by atoms with Gasteiger partial charge in [0.1, 0.15) is 6.61 Å². The first-order valence-electron chi connectivity index (χ1n) is 5.07. The largest absolute Gasteiger partial charge is 0.414 e. The monoisotopic (exact) mass is 223 g/mol. The Morgan fingerprint density at radius 1 is 1.33 bits per heavy atom. The number of benzene rings is 1. The lowest BCUT2D eigenvalue weighted by Crippen LogP contribution is -2.15. The van der Waals surface area contributed by atoms with Crippen molar-refractivity contribution in [2.75, 3.05) is 6.61 Å². The van der Waals surface area contributed by atoms with Gasteiger partial charge in [-0.15, -0.1) is 0 Å². The molecule has 0 spiro atoms. The van der Waals surface area contributed by atoms with Crippen LogP contribution in [-0.2, 0) is 0 Å². The van der Waals surface area contributed by atoms with Crippen molar-refractivity contribution in [3.8, 4) is 0 Å². The summed E-state index contributed by atoms with van der Waals surface area (Å²) in [6.45, 7) is 4.97. The summed E-state index contributed by atoms with van der Waals surface area (Å²) in [5, 5.41) is 1.86. The molecular formula is C12H14ClNO. The summed E-state index contributed by atoms with van der Waals surface area (Å²) in [7, 11) is 0. The van der Waals surface area contributed by atoms with Crippen molar-refractivity contribution >= 4 is 22.5 Å². The summed E-state index contributed by atoms with van der Waals surface area (Å²) in [6, 6.07) is 7.78. The zero-order valence-corrected chi connectivity index (χ0v) is 9.66. The smallest absolute Gasteiger partial charge is 0.117 e. The van der Waals surface area contributed by atoms with Crippen molar-refractivity contribution in [2.24, 2.45) is 5.92 Å². The molecule has 0 saturated carbocycles. The molecule has 0 aliphatic rings. The SMILES string of the molecule is CC(C)COn1ccc2cc(Cl)ccc21. The molecule has 0 atom stereocenters. The lowest BCUT2D eigenvalue weighted by Gasteiger charge is -2.10. The Morgan fingerprint density at radius 3 is 2.87 bits per heavy atom. The summed E-state index contributed by atoms with van der Waals surface area (Å²) in [5.41, 5.74) is 1.06. The highest BCUT2D eigenvalue weighted by Crippen LogP contribution is 2.19. The van der Waals surface area contributed by atoms with Crippen LogP contribution in [-0.4, -0.2) is 11.3 Å². The Morgan fingerprint density at radius 2 is 2.13 bits per heavy atom. The maximum atomic E-state index is 5.91. The Balaban J connectivity index is 2.29. The molecule has 0 bridgehead atoms. The number of fused-ring (bicyclic) bond motifs is 1. The highest BCUT2D eigenvalue weighted by molar-refractivity contribution is 6.31. The number of aromatic nitrogens is 1. The third-order valence-electron chi connectivity index (χ3n) is 2.16. The van der Waals surface area contributed by atoms with Crippen LogP contribution in [0.25, 0.3) is 10.9 Å². The Bertz CT molecular complexity index is 462. The number of hydrogen-bond acceptors (Lipinski definition) is 1. The molecule has 1 heterocycles. The maximum Gasteiger partial charge on any atom is 0.117 e. The van der Waals surface area contributed by atoms with E-state index in [0.717, 1.165) is 15.9 Å². The van der Waals surface area contributed by atoms with Crippen LogP contribution in [0.2, 0.25) is 5.02 Å². The van der Waals surface area contributed by atoms with Gasteiger partial charge in [0.15, 0.2) is 0 Å². The van der Waals surface area contributed by atoms with Crippen LogP contribution in [0.15, 0.2) is 30.5 Å². The summed E-state index contributed by atoms with van der Waals surface area (Å²) in [4.78, 5) is 5.63. The molecule has 2 nitrogen and oxygen atoms in total. The van der Waals surface area contributed by atoms with Crippen LogP contribution in [0.5, 0.6) is 0 Å². The van der Waals surface area contributed by atoms with Crippen molar-refractivity contribution < 1.29 is 4.84 Å². The first-order chi connectivity index (χ1) is 7.16. The molecule has 0 N–H and O–H groups in total. The lowest BCUT2D eigenvalue weighted by atomic mass is 10.2. The standard InChI is InChI=1S/C12H14ClNO/c1-9(2)8-15-14-6-5-10-7-11(13)3-4-12(10)14/h3-7,9H,8H2,1-2H3. The van der Waals surface area contributed by atoms with E-state index in [1.807, 2.05) is 30.5 Å². The van der Waals surface area contributed by atoms with Crippen molar-refractivity contribution in [3.63, 3.8) is 0 Å². The van der Waals surface area contributed by atoms with Crippen LogP contribution < -0.4 is 4.84 Å². The van der Waals surface area contributed by atoms with E-state index in [4.69, 9.17) is 16.4 Å². The highest BCUT2D eigenvalue weighted by atomic mass is 35.5. The minimum atomic E-state index is 0.523. The van der Waals surface area contributed by atoms with Gasteiger partial charge in [-0.25, -0.2) is 0 Å². The molecule has 0 saturated heterocycles. The van der Waals surface area contributed by atoms with E-state index >= 15 is 0 Å². The van der Waals surface area contributed by atoms with E-state index in [1.54, 1.807) is 4.73 Å².